The summed E-state index contributed by atoms with van der Waals surface area (Å²) in [5.74, 6) is 1.60. The average molecular weight is 951 g/mol. The molecular formula is C66H57AlN3O2. The number of pyridine rings is 1. The molecule has 0 saturated carbocycles. The van der Waals surface area contributed by atoms with Gasteiger partial charge in [-0.25, -0.2) is 4.98 Å². The van der Waals surface area contributed by atoms with Gasteiger partial charge in [0.25, 0.3) is 0 Å². The number of benzene rings is 9. The zero-order valence-corrected chi connectivity index (χ0v) is 42.5. The Balaban J connectivity index is 0.887. The first-order chi connectivity index (χ1) is 35.3. The van der Waals surface area contributed by atoms with Crippen LogP contribution in [-0.2, 0) is 6.42 Å². The van der Waals surface area contributed by atoms with Crippen molar-refractivity contribution >= 4 is 60.6 Å². The molecule has 0 N–H and O–H groups in total. The van der Waals surface area contributed by atoms with Gasteiger partial charge in [-0.05, 0) is 177 Å². The fraction of sp³-hybridized carbons (Fsp3) is 0.106. The van der Waals surface area contributed by atoms with Crippen molar-refractivity contribution in [1.29, 1.82) is 0 Å². The van der Waals surface area contributed by atoms with Crippen molar-refractivity contribution in [3.63, 3.8) is 0 Å². The minimum atomic E-state index is -0.639. The van der Waals surface area contributed by atoms with Gasteiger partial charge in [-0.3, -0.25) is 0 Å². The second-order valence-corrected chi connectivity index (χ2v) is 20.2. The molecule has 9 aromatic carbocycles. The lowest BCUT2D eigenvalue weighted by Crippen LogP contribution is -2.41. The highest BCUT2D eigenvalue weighted by molar-refractivity contribution is 6.33. The minimum absolute atomic E-state index is 0.542. The van der Waals surface area contributed by atoms with Gasteiger partial charge in [-0.15, -0.1) is 0 Å². The van der Waals surface area contributed by atoms with Gasteiger partial charge in [0.05, 0.1) is 4.46 Å². The van der Waals surface area contributed by atoms with Gasteiger partial charge in [0.1, 0.15) is 17.0 Å². The van der Waals surface area contributed by atoms with Crippen LogP contribution in [0, 0.1) is 13.8 Å². The van der Waals surface area contributed by atoms with Gasteiger partial charge in [0.2, 0.25) is 0 Å². The second-order valence-electron chi connectivity index (χ2n) is 18.5. The predicted octanol–water partition coefficient (Wildman–Crippen LogP) is 17.5. The molecule has 1 aromatic heterocycles. The van der Waals surface area contributed by atoms with Crippen LogP contribution in [0.4, 0.5) is 34.1 Å². The van der Waals surface area contributed by atoms with Gasteiger partial charge in [0.15, 0.2) is 0 Å². The molecule has 6 heteroatoms. The van der Waals surface area contributed by atoms with E-state index >= 15 is 0 Å². The highest BCUT2D eigenvalue weighted by Crippen LogP contribution is 2.39. The summed E-state index contributed by atoms with van der Waals surface area (Å²) in [4.78, 5) is 9.73. The van der Waals surface area contributed by atoms with E-state index < -0.39 is 20.0 Å². The smallest absolute Gasteiger partial charge is 0.577 e. The van der Waals surface area contributed by atoms with Crippen LogP contribution in [0.1, 0.15) is 42.7 Å². The molecule has 0 saturated heterocycles. The number of fused-ring (bicyclic) bond motifs is 1. The normalized spacial score (nSPS) is 12.1. The maximum atomic E-state index is 6.80. The molecule has 1 atom stereocenters. The van der Waals surface area contributed by atoms with Crippen molar-refractivity contribution in [2.75, 3.05) is 9.80 Å². The fourth-order valence-electron chi connectivity index (χ4n) is 9.31. The number of aryl methyl sites for hydroxylation is 2. The van der Waals surface area contributed by atoms with Gasteiger partial charge in [-0.1, -0.05) is 152 Å². The fourth-order valence-corrected chi connectivity index (χ4v) is 10.3. The van der Waals surface area contributed by atoms with Crippen LogP contribution in [0.15, 0.2) is 249 Å². The van der Waals surface area contributed by atoms with Crippen molar-refractivity contribution in [2.45, 2.75) is 45.0 Å². The van der Waals surface area contributed by atoms with Crippen LogP contribution in [0.25, 0.3) is 33.2 Å². The van der Waals surface area contributed by atoms with E-state index in [1.165, 1.54) is 22.3 Å². The lowest BCUT2D eigenvalue weighted by Gasteiger charge is -2.29. The van der Waals surface area contributed by atoms with E-state index in [4.69, 9.17) is 13.5 Å². The van der Waals surface area contributed by atoms with E-state index in [1.54, 1.807) is 0 Å². The molecule has 351 valence electrons. The lowest BCUT2D eigenvalue weighted by molar-refractivity contribution is 0.164. The third-order valence-electron chi connectivity index (χ3n) is 13.0. The third-order valence-corrected chi connectivity index (χ3v) is 14.2. The van der Waals surface area contributed by atoms with E-state index in [1.807, 2.05) is 19.9 Å². The predicted molar refractivity (Wildman–Crippen MR) is 302 cm³/mol. The van der Waals surface area contributed by atoms with E-state index in [0.29, 0.717) is 0 Å². The van der Waals surface area contributed by atoms with E-state index in [2.05, 4.69) is 266 Å². The van der Waals surface area contributed by atoms with E-state index in [-0.39, 0.29) is 0 Å². The number of para-hydroxylation sites is 2. The highest BCUT2D eigenvalue weighted by Gasteiger charge is 2.32. The zero-order valence-electron chi connectivity index (χ0n) is 41.3. The zero-order chi connectivity index (χ0) is 49.3. The summed E-state index contributed by atoms with van der Waals surface area (Å²) in [7, 11) is 0. The molecule has 0 bridgehead atoms. The molecule has 0 aliphatic heterocycles. The summed E-state index contributed by atoms with van der Waals surface area (Å²) in [5.41, 5.74) is 16.7. The van der Waals surface area contributed by atoms with Gasteiger partial charge in [0, 0.05) is 45.2 Å². The van der Waals surface area contributed by atoms with Crippen molar-refractivity contribution in [3.05, 3.63) is 271 Å². The molecule has 72 heavy (non-hydrogen) atoms. The van der Waals surface area contributed by atoms with Crippen LogP contribution in [0.3, 0.4) is 0 Å². The monoisotopic (exact) mass is 950 g/mol. The van der Waals surface area contributed by atoms with E-state index in [9.17, 15) is 0 Å². The molecular weight excluding hydrogens is 894 g/mol. The maximum Gasteiger partial charge on any atom is 0.577 e. The summed E-state index contributed by atoms with van der Waals surface area (Å²) in [5, 5.41) is 1.09. The number of hydrogen-bond acceptors (Lipinski definition) is 5. The van der Waals surface area contributed by atoms with Crippen LogP contribution >= 0.6 is 0 Å². The first kappa shape index (κ1) is 47.5. The van der Waals surface area contributed by atoms with Gasteiger partial charge < -0.3 is 18.3 Å². The third kappa shape index (κ3) is 11.1. The summed E-state index contributed by atoms with van der Waals surface area (Å²) < 4.78 is 13.0. The Labute approximate surface area is 431 Å². The van der Waals surface area contributed by atoms with Crippen LogP contribution in [0.2, 0.25) is 0 Å². The number of allylic oxidation sites excluding steroid dienone is 1. The standard InChI is InChI=1S/C48H39N3O.C18H19O.Al/c1-34-11-9-17-44(31-34)50(40-13-5-3-6-14-40)42-25-20-37(21-26-42)38-22-27-43(28-23-38)51(41-15-7-4-8-16-41)45-18-10-12-36(33-45)32-39-24-30-47(52)48-46(39)29-19-35(2)49-48;1-3-4-8-15(2)19-18-13-11-17(12-14-18)16-9-6-5-7-10-16;/h3-31,33,52H,32H2,1-2H3;3-7,9-14H,8H2,1-2H3;/q;;+1/p-1. The molecule has 0 aliphatic rings. The summed E-state index contributed by atoms with van der Waals surface area (Å²) in [6, 6.07) is 83.9. The lowest BCUT2D eigenvalue weighted by atomic mass is 9.99. The van der Waals surface area contributed by atoms with Crippen molar-refractivity contribution in [2.24, 2.45) is 0 Å². The molecule has 0 fully saturated rings. The second kappa shape index (κ2) is 21.9. The number of aromatic nitrogens is 1. The summed E-state index contributed by atoms with van der Waals surface area (Å²) in [6.45, 7) is 8.37. The molecule has 0 aliphatic carbocycles. The maximum absolute atomic E-state index is 6.80. The van der Waals surface area contributed by atoms with Gasteiger partial charge >= 0.3 is 15.6 Å². The largest absolute Gasteiger partial charge is 0.644 e. The number of hydrogen-bond donors (Lipinski definition) is 0. The topological polar surface area (TPSA) is 37.8 Å². The van der Waals surface area contributed by atoms with Crippen LogP contribution in [0.5, 0.6) is 11.5 Å². The summed E-state index contributed by atoms with van der Waals surface area (Å²) in [6.07, 6.45) is 5.69. The van der Waals surface area contributed by atoms with Crippen LogP contribution in [-0.4, -0.2) is 25.0 Å². The quantitative estimate of drug-likeness (QED) is 0.0672. The number of ether oxygens (including phenoxy) is 1. The Kier molecular flexibility index (Phi) is 14.4. The van der Waals surface area contributed by atoms with Crippen molar-refractivity contribution in [3.8, 4) is 33.8 Å². The Hall–Kier alpha value is -8.14. The molecule has 0 unspecified atom stereocenters. The van der Waals surface area contributed by atoms with Crippen LogP contribution < -0.4 is 18.3 Å². The van der Waals surface area contributed by atoms with Crippen molar-refractivity contribution < 1.29 is 8.53 Å². The minimum Gasteiger partial charge on any atom is -0.644 e. The molecule has 0 amide bonds. The Morgan fingerprint density at radius 1 is 0.500 bits per heavy atom. The van der Waals surface area contributed by atoms with E-state index in [0.717, 1.165) is 91.8 Å². The highest BCUT2D eigenvalue weighted by atomic mass is 27.1. The average Bonchev–Trinajstić information content (AvgIpc) is 3.42. The summed E-state index contributed by atoms with van der Waals surface area (Å²) >= 11 is -0.639. The molecule has 1 radical (unpaired) electrons. The SMILES string of the molecule is CC=CC[C@@](C)(Oc1ccc(-c2ccccc2)cc1)[Al][O]c1ccc(Cc2cccc(N(c3ccccc3)c3ccc(-c4ccc(N(c5ccccc5)c5cccc(C)c5)cc4)cc3)c2)c2ccc(C)nc12. The molecule has 1 heterocycles. The number of anilines is 6. The van der Waals surface area contributed by atoms with Crippen molar-refractivity contribution in [1.82, 2.24) is 4.98 Å². The molecule has 5 nitrogen and oxygen atoms in total. The van der Waals surface area contributed by atoms with Gasteiger partial charge in [-0.2, -0.15) is 0 Å². The Morgan fingerprint density at radius 2 is 1.01 bits per heavy atom. The number of nitrogens with zero attached hydrogens (tertiary/aromatic N) is 3. The Morgan fingerprint density at radius 3 is 1.60 bits per heavy atom. The first-order valence-electron chi connectivity index (χ1n) is 24.7. The number of rotatable bonds is 17. The Bertz CT molecular complexity index is 3420. The first-order valence-corrected chi connectivity index (χ1v) is 25.8. The molecule has 10 rings (SSSR count). The molecule has 10 aromatic rings. The molecule has 0 spiro atoms.